The Kier molecular flexibility index (Phi) is 5.63. The number of nitrogens with zero attached hydrogens (tertiary/aromatic N) is 3. The van der Waals surface area contributed by atoms with Crippen molar-refractivity contribution in [2.45, 2.75) is 13.8 Å². The van der Waals surface area contributed by atoms with Crippen molar-refractivity contribution >= 4 is 12.1 Å². The van der Waals surface area contributed by atoms with E-state index in [9.17, 15) is 4.79 Å². The van der Waals surface area contributed by atoms with Crippen molar-refractivity contribution in [3.63, 3.8) is 0 Å². The fraction of sp³-hybridized carbons (Fsp3) is 0.368. The zero-order chi connectivity index (χ0) is 17.6. The summed E-state index contributed by atoms with van der Waals surface area (Å²) in [5.74, 6) is -0.102. The molecule has 6 heteroatoms. The standard InChI is InChI=1S/C19H24N4O2/c1-15-12-17(16(2)23(15)18-6-4-3-5-7-18)13-20-21-19(24)14-22-8-10-25-11-9-22/h3-7,12-13H,8-11,14H2,1-2H3,(H,21,24). The highest BCUT2D eigenvalue weighted by molar-refractivity contribution is 5.84. The van der Waals surface area contributed by atoms with Gasteiger partial charge in [-0.25, -0.2) is 5.43 Å². The molecule has 132 valence electrons. The molecule has 1 saturated heterocycles. The van der Waals surface area contributed by atoms with Gasteiger partial charge in [0, 0.05) is 35.7 Å². The summed E-state index contributed by atoms with van der Waals surface area (Å²) in [6.45, 7) is 7.41. The van der Waals surface area contributed by atoms with Gasteiger partial charge in [-0.1, -0.05) is 18.2 Å². The van der Waals surface area contributed by atoms with Crippen LogP contribution in [0.1, 0.15) is 17.0 Å². The normalized spacial score (nSPS) is 15.6. The molecule has 6 nitrogen and oxygen atoms in total. The summed E-state index contributed by atoms with van der Waals surface area (Å²) in [5, 5.41) is 4.12. The van der Waals surface area contributed by atoms with Crippen LogP contribution in [-0.2, 0) is 9.53 Å². The largest absolute Gasteiger partial charge is 0.379 e. The number of ether oxygens (including phenoxy) is 1. The van der Waals surface area contributed by atoms with E-state index in [2.05, 4.69) is 52.0 Å². The Morgan fingerprint density at radius 1 is 1.24 bits per heavy atom. The average Bonchev–Trinajstić information content (AvgIpc) is 2.90. The molecule has 1 N–H and O–H groups in total. The molecule has 3 rings (SSSR count). The minimum atomic E-state index is -0.102. The van der Waals surface area contributed by atoms with Crippen LogP contribution in [0.5, 0.6) is 0 Å². The van der Waals surface area contributed by atoms with Gasteiger partial charge in [0.25, 0.3) is 5.91 Å². The number of aromatic nitrogens is 1. The van der Waals surface area contributed by atoms with Crippen molar-refractivity contribution < 1.29 is 9.53 Å². The van der Waals surface area contributed by atoms with Gasteiger partial charge in [-0.15, -0.1) is 0 Å². The van der Waals surface area contributed by atoms with Crippen LogP contribution in [0.15, 0.2) is 41.5 Å². The fourth-order valence-electron chi connectivity index (χ4n) is 3.06. The highest BCUT2D eigenvalue weighted by Crippen LogP contribution is 2.19. The van der Waals surface area contributed by atoms with Gasteiger partial charge in [-0.2, -0.15) is 5.10 Å². The summed E-state index contributed by atoms with van der Waals surface area (Å²) < 4.78 is 7.46. The first-order valence-electron chi connectivity index (χ1n) is 8.51. The molecule has 1 amide bonds. The van der Waals surface area contributed by atoms with E-state index >= 15 is 0 Å². The van der Waals surface area contributed by atoms with Crippen molar-refractivity contribution in [3.8, 4) is 5.69 Å². The van der Waals surface area contributed by atoms with Crippen molar-refractivity contribution in [2.75, 3.05) is 32.8 Å². The first-order chi connectivity index (χ1) is 12.1. The molecular weight excluding hydrogens is 316 g/mol. The third kappa shape index (κ3) is 4.35. The number of rotatable bonds is 5. The van der Waals surface area contributed by atoms with E-state index in [0.717, 1.165) is 35.7 Å². The van der Waals surface area contributed by atoms with Crippen LogP contribution in [0.3, 0.4) is 0 Å². The molecule has 2 heterocycles. The topological polar surface area (TPSA) is 58.9 Å². The molecule has 25 heavy (non-hydrogen) atoms. The maximum atomic E-state index is 12.0. The zero-order valence-corrected chi connectivity index (χ0v) is 14.7. The molecule has 0 saturated carbocycles. The summed E-state index contributed by atoms with van der Waals surface area (Å²) in [6.07, 6.45) is 1.71. The second-order valence-electron chi connectivity index (χ2n) is 6.18. The minimum absolute atomic E-state index is 0.102. The van der Waals surface area contributed by atoms with E-state index in [-0.39, 0.29) is 5.91 Å². The summed E-state index contributed by atoms with van der Waals surface area (Å²) in [6, 6.07) is 12.3. The molecule has 1 aromatic carbocycles. The minimum Gasteiger partial charge on any atom is -0.379 e. The maximum absolute atomic E-state index is 12.0. The fourth-order valence-corrected chi connectivity index (χ4v) is 3.06. The van der Waals surface area contributed by atoms with Gasteiger partial charge >= 0.3 is 0 Å². The monoisotopic (exact) mass is 340 g/mol. The molecule has 0 atom stereocenters. The third-order valence-corrected chi connectivity index (χ3v) is 4.35. The molecule has 0 radical (unpaired) electrons. The van der Waals surface area contributed by atoms with E-state index in [4.69, 9.17) is 4.74 Å². The first-order valence-corrected chi connectivity index (χ1v) is 8.51. The predicted octanol–water partition coefficient (Wildman–Crippen LogP) is 1.88. The zero-order valence-electron chi connectivity index (χ0n) is 14.7. The predicted molar refractivity (Wildman–Crippen MR) is 98.2 cm³/mol. The summed E-state index contributed by atoms with van der Waals surface area (Å²) in [5.41, 5.74) is 6.95. The average molecular weight is 340 g/mol. The smallest absolute Gasteiger partial charge is 0.254 e. The van der Waals surface area contributed by atoms with Crippen LogP contribution in [0, 0.1) is 13.8 Å². The molecule has 1 aliphatic rings. The summed E-state index contributed by atoms with van der Waals surface area (Å²) in [7, 11) is 0. The van der Waals surface area contributed by atoms with Crippen LogP contribution in [-0.4, -0.2) is 54.4 Å². The number of morpholine rings is 1. The van der Waals surface area contributed by atoms with E-state index in [1.54, 1.807) is 6.21 Å². The van der Waals surface area contributed by atoms with Gasteiger partial charge in [0.05, 0.1) is 26.0 Å². The van der Waals surface area contributed by atoms with Gasteiger partial charge in [0.15, 0.2) is 0 Å². The van der Waals surface area contributed by atoms with E-state index in [0.29, 0.717) is 19.8 Å². The van der Waals surface area contributed by atoms with Gasteiger partial charge in [-0.05, 0) is 32.0 Å². The van der Waals surface area contributed by atoms with Crippen molar-refractivity contribution in [2.24, 2.45) is 5.10 Å². The van der Waals surface area contributed by atoms with Gasteiger partial charge in [-0.3, -0.25) is 9.69 Å². The summed E-state index contributed by atoms with van der Waals surface area (Å²) >= 11 is 0. The third-order valence-electron chi connectivity index (χ3n) is 4.35. The second kappa shape index (κ2) is 8.09. The number of hydrazone groups is 1. The highest BCUT2D eigenvalue weighted by atomic mass is 16.5. The Labute approximate surface area is 148 Å². The molecular formula is C19H24N4O2. The summed E-state index contributed by atoms with van der Waals surface area (Å²) in [4.78, 5) is 14.0. The molecule has 1 aliphatic heterocycles. The Balaban J connectivity index is 1.63. The van der Waals surface area contributed by atoms with Crippen LogP contribution in [0.4, 0.5) is 0 Å². The SMILES string of the molecule is Cc1cc(C=NNC(=O)CN2CCOCC2)c(C)n1-c1ccccc1. The number of nitrogens with one attached hydrogen (secondary N) is 1. The lowest BCUT2D eigenvalue weighted by Crippen LogP contribution is -2.42. The molecule has 0 bridgehead atoms. The van der Waals surface area contributed by atoms with E-state index < -0.39 is 0 Å². The number of hydrogen-bond donors (Lipinski definition) is 1. The number of hydrogen-bond acceptors (Lipinski definition) is 4. The molecule has 1 aromatic heterocycles. The number of para-hydroxylation sites is 1. The lowest BCUT2D eigenvalue weighted by molar-refractivity contribution is -0.123. The quantitative estimate of drug-likeness (QED) is 0.668. The van der Waals surface area contributed by atoms with Crippen molar-refractivity contribution in [1.82, 2.24) is 14.9 Å². The Morgan fingerprint density at radius 2 is 1.96 bits per heavy atom. The second-order valence-corrected chi connectivity index (χ2v) is 6.18. The lowest BCUT2D eigenvalue weighted by Gasteiger charge is -2.25. The molecule has 0 spiro atoms. The number of carbonyl (C=O) groups excluding carboxylic acids is 1. The number of benzene rings is 1. The van der Waals surface area contributed by atoms with Crippen LogP contribution in [0.2, 0.25) is 0 Å². The highest BCUT2D eigenvalue weighted by Gasteiger charge is 2.13. The number of aryl methyl sites for hydroxylation is 1. The van der Waals surface area contributed by atoms with E-state index in [1.165, 1.54) is 0 Å². The molecule has 0 aliphatic carbocycles. The maximum Gasteiger partial charge on any atom is 0.254 e. The van der Waals surface area contributed by atoms with Crippen LogP contribution < -0.4 is 5.43 Å². The number of amides is 1. The van der Waals surface area contributed by atoms with Crippen LogP contribution >= 0.6 is 0 Å². The Bertz CT molecular complexity index is 746. The molecule has 1 fully saturated rings. The van der Waals surface area contributed by atoms with Gasteiger partial charge < -0.3 is 9.30 Å². The van der Waals surface area contributed by atoms with E-state index in [1.807, 2.05) is 18.2 Å². The van der Waals surface area contributed by atoms with Crippen molar-refractivity contribution in [3.05, 3.63) is 53.3 Å². The number of carbonyl (C=O) groups is 1. The van der Waals surface area contributed by atoms with Gasteiger partial charge in [0.2, 0.25) is 0 Å². The first kappa shape index (κ1) is 17.4. The lowest BCUT2D eigenvalue weighted by atomic mass is 10.2. The molecule has 2 aromatic rings. The Morgan fingerprint density at radius 3 is 2.68 bits per heavy atom. The van der Waals surface area contributed by atoms with Crippen molar-refractivity contribution in [1.29, 1.82) is 0 Å². The van der Waals surface area contributed by atoms with Crippen LogP contribution in [0.25, 0.3) is 5.69 Å². The Hall–Kier alpha value is -2.44. The van der Waals surface area contributed by atoms with Gasteiger partial charge in [0.1, 0.15) is 0 Å². The molecule has 0 unspecified atom stereocenters.